The molecule has 1 aliphatic carbocycles. The number of rotatable bonds is 7. The van der Waals surface area contributed by atoms with Crippen LogP contribution in [0.3, 0.4) is 0 Å². The van der Waals surface area contributed by atoms with Crippen LogP contribution in [0.15, 0.2) is 42.7 Å². The molecule has 124 valence electrons. The van der Waals surface area contributed by atoms with Crippen molar-refractivity contribution in [1.82, 2.24) is 4.90 Å². The van der Waals surface area contributed by atoms with Crippen LogP contribution in [-0.4, -0.2) is 34.8 Å². The highest BCUT2D eigenvalue weighted by atomic mass is 16.5. The predicted molar refractivity (Wildman–Crippen MR) is 90.4 cm³/mol. The quantitative estimate of drug-likeness (QED) is 0.620. The Labute approximate surface area is 139 Å². The molecule has 0 bridgehead atoms. The Hall–Kier alpha value is -1.83. The lowest BCUT2D eigenvalue weighted by atomic mass is 9.78. The van der Waals surface area contributed by atoms with Gasteiger partial charge in [0.15, 0.2) is 0 Å². The van der Waals surface area contributed by atoms with Crippen molar-refractivity contribution in [2.45, 2.75) is 50.8 Å². The van der Waals surface area contributed by atoms with E-state index in [0.29, 0.717) is 25.3 Å². The molecular formula is C19H26N2O2. The molecule has 1 unspecified atom stereocenters. The largest absolute Gasteiger partial charge is 0.496 e. The van der Waals surface area contributed by atoms with Gasteiger partial charge in [-0.3, -0.25) is 4.90 Å². The normalized spacial score (nSPS) is 24.2. The summed E-state index contributed by atoms with van der Waals surface area (Å²) in [7, 11) is 0. The molecule has 0 amide bonds. The Morgan fingerprint density at radius 1 is 1.43 bits per heavy atom. The second kappa shape index (κ2) is 8.14. The highest BCUT2D eigenvalue weighted by Gasteiger charge is 2.45. The van der Waals surface area contributed by atoms with Gasteiger partial charge in [-0.1, -0.05) is 43.3 Å². The van der Waals surface area contributed by atoms with Gasteiger partial charge in [0.05, 0.1) is 19.2 Å². The zero-order chi connectivity index (χ0) is 16.7. The molecule has 1 saturated carbocycles. The summed E-state index contributed by atoms with van der Waals surface area (Å²) in [6, 6.07) is 12.1. The second-order valence-electron chi connectivity index (χ2n) is 6.09. The van der Waals surface area contributed by atoms with Crippen molar-refractivity contribution in [2.24, 2.45) is 0 Å². The molecule has 23 heavy (non-hydrogen) atoms. The van der Waals surface area contributed by atoms with Gasteiger partial charge in [-0.05, 0) is 31.7 Å². The van der Waals surface area contributed by atoms with Crippen LogP contribution >= 0.6 is 0 Å². The van der Waals surface area contributed by atoms with E-state index >= 15 is 0 Å². The summed E-state index contributed by atoms with van der Waals surface area (Å²) < 4.78 is 5.54. The van der Waals surface area contributed by atoms with Crippen LogP contribution in [0.4, 0.5) is 0 Å². The van der Waals surface area contributed by atoms with Crippen LogP contribution in [-0.2, 0) is 11.3 Å². The summed E-state index contributed by atoms with van der Waals surface area (Å²) in [5.74, 6) is 0.431. The third-order valence-corrected chi connectivity index (χ3v) is 4.58. The van der Waals surface area contributed by atoms with Crippen LogP contribution in [0.1, 0.15) is 38.2 Å². The van der Waals surface area contributed by atoms with Crippen molar-refractivity contribution in [3.8, 4) is 6.07 Å². The Morgan fingerprint density at radius 2 is 2.17 bits per heavy atom. The fourth-order valence-corrected chi connectivity index (χ4v) is 3.43. The first-order valence-electron chi connectivity index (χ1n) is 8.31. The minimum absolute atomic E-state index is 0.143. The lowest BCUT2D eigenvalue weighted by molar-refractivity contribution is -0.0789. The van der Waals surface area contributed by atoms with Gasteiger partial charge in [0.25, 0.3) is 0 Å². The lowest BCUT2D eigenvalue weighted by Gasteiger charge is -2.45. The first-order valence-corrected chi connectivity index (χ1v) is 8.31. The third kappa shape index (κ3) is 4.13. The standard InChI is InChI=1S/C19H26N2O2/c1-3-23-16(2)19(22)12-8-7-11-18(19)21(14-13-20)15-17-9-5-4-6-10-17/h4-6,9-10,18,22H,2-3,7-8,11-12,14-15H2,1H3/t18?,19-/m0/s1. The maximum absolute atomic E-state index is 11.2. The summed E-state index contributed by atoms with van der Waals surface area (Å²) in [6.07, 6.45) is 3.47. The molecule has 4 nitrogen and oxygen atoms in total. The number of ether oxygens (including phenoxy) is 1. The Morgan fingerprint density at radius 3 is 2.83 bits per heavy atom. The number of nitrogens with zero attached hydrogens (tertiary/aromatic N) is 2. The molecule has 2 rings (SSSR count). The summed E-state index contributed by atoms with van der Waals surface area (Å²) >= 11 is 0. The fraction of sp³-hybridized carbons (Fsp3) is 0.526. The van der Waals surface area contributed by atoms with Crippen molar-refractivity contribution in [1.29, 1.82) is 5.26 Å². The second-order valence-corrected chi connectivity index (χ2v) is 6.09. The van der Waals surface area contributed by atoms with Gasteiger partial charge in [0.1, 0.15) is 11.4 Å². The summed E-state index contributed by atoms with van der Waals surface area (Å²) in [4.78, 5) is 2.05. The molecule has 0 saturated heterocycles. The minimum Gasteiger partial charge on any atom is -0.496 e. The van der Waals surface area contributed by atoms with Crippen LogP contribution < -0.4 is 0 Å². The average Bonchev–Trinajstić information content (AvgIpc) is 2.56. The fourth-order valence-electron chi connectivity index (χ4n) is 3.43. The van der Waals surface area contributed by atoms with Gasteiger partial charge in [0, 0.05) is 12.6 Å². The van der Waals surface area contributed by atoms with E-state index in [1.54, 1.807) is 0 Å². The van der Waals surface area contributed by atoms with Gasteiger partial charge in [-0.25, -0.2) is 0 Å². The first kappa shape index (κ1) is 17.5. The zero-order valence-electron chi connectivity index (χ0n) is 13.9. The maximum Gasteiger partial charge on any atom is 0.136 e. The van der Waals surface area contributed by atoms with Gasteiger partial charge in [-0.15, -0.1) is 0 Å². The van der Waals surface area contributed by atoms with Gasteiger partial charge in [0.2, 0.25) is 0 Å². The average molecular weight is 314 g/mol. The maximum atomic E-state index is 11.2. The number of hydrogen-bond acceptors (Lipinski definition) is 4. The molecule has 0 heterocycles. The molecule has 4 heteroatoms. The van der Waals surface area contributed by atoms with Gasteiger partial charge >= 0.3 is 0 Å². The summed E-state index contributed by atoms with van der Waals surface area (Å²) in [5, 5.41) is 20.5. The van der Waals surface area contributed by atoms with Gasteiger partial charge < -0.3 is 9.84 Å². The van der Waals surface area contributed by atoms with Crippen molar-refractivity contribution in [2.75, 3.05) is 13.2 Å². The summed E-state index contributed by atoms with van der Waals surface area (Å²) in [5.41, 5.74) is 0.0533. The number of aliphatic hydroxyl groups is 1. The molecule has 2 atom stereocenters. The molecule has 0 spiro atoms. The van der Waals surface area contributed by atoms with Crippen LogP contribution in [0.25, 0.3) is 0 Å². The molecule has 1 fully saturated rings. The van der Waals surface area contributed by atoms with Gasteiger partial charge in [-0.2, -0.15) is 5.26 Å². The highest BCUT2D eigenvalue weighted by molar-refractivity contribution is 5.18. The molecule has 1 aliphatic rings. The zero-order valence-corrected chi connectivity index (χ0v) is 13.9. The van der Waals surface area contributed by atoms with Crippen molar-refractivity contribution in [3.05, 3.63) is 48.2 Å². The van der Waals surface area contributed by atoms with Crippen molar-refractivity contribution >= 4 is 0 Å². The SMILES string of the molecule is C=C(OCC)[C@@]1(O)CCCCC1N(CC#N)Cc1ccccc1. The molecule has 1 aromatic rings. The first-order chi connectivity index (χ1) is 11.1. The molecular weight excluding hydrogens is 288 g/mol. The molecule has 1 N–H and O–H groups in total. The molecule has 1 aromatic carbocycles. The van der Waals surface area contributed by atoms with E-state index in [4.69, 9.17) is 4.74 Å². The van der Waals surface area contributed by atoms with Crippen LogP contribution in [0.5, 0.6) is 0 Å². The van der Waals surface area contributed by atoms with Crippen molar-refractivity contribution in [3.63, 3.8) is 0 Å². The van der Waals surface area contributed by atoms with E-state index in [-0.39, 0.29) is 12.6 Å². The monoisotopic (exact) mass is 314 g/mol. The van der Waals surface area contributed by atoms with E-state index in [1.807, 2.05) is 37.3 Å². The topological polar surface area (TPSA) is 56.5 Å². The van der Waals surface area contributed by atoms with E-state index < -0.39 is 5.60 Å². The lowest BCUT2D eigenvalue weighted by Crippen LogP contribution is -2.55. The Kier molecular flexibility index (Phi) is 6.20. The Balaban J connectivity index is 2.24. The van der Waals surface area contributed by atoms with E-state index in [9.17, 15) is 10.4 Å². The van der Waals surface area contributed by atoms with Crippen molar-refractivity contribution < 1.29 is 9.84 Å². The van der Waals surface area contributed by atoms with Crippen LogP contribution in [0.2, 0.25) is 0 Å². The molecule has 0 aliphatic heterocycles. The van der Waals surface area contributed by atoms with E-state index in [2.05, 4.69) is 17.5 Å². The minimum atomic E-state index is -1.08. The van der Waals surface area contributed by atoms with E-state index in [1.165, 1.54) is 0 Å². The molecule has 0 radical (unpaired) electrons. The smallest absolute Gasteiger partial charge is 0.136 e. The number of benzene rings is 1. The Bertz CT molecular complexity index is 552. The third-order valence-electron chi connectivity index (χ3n) is 4.58. The number of nitriles is 1. The molecule has 0 aromatic heterocycles. The summed E-state index contributed by atoms with van der Waals surface area (Å²) in [6.45, 7) is 7.26. The van der Waals surface area contributed by atoms with E-state index in [0.717, 1.165) is 24.8 Å². The highest BCUT2D eigenvalue weighted by Crippen LogP contribution is 2.37. The number of hydrogen-bond donors (Lipinski definition) is 1. The van der Waals surface area contributed by atoms with Crippen LogP contribution in [0, 0.1) is 11.3 Å². The predicted octanol–water partition coefficient (Wildman–Crippen LogP) is 3.24.